The quantitative estimate of drug-likeness (QED) is 0.877. The van der Waals surface area contributed by atoms with Crippen LogP contribution in [-0.2, 0) is 11.3 Å². The van der Waals surface area contributed by atoms with Gasteiger partial charge in [-0.05, 0) is 61.8 Å². The van der Waals surface area contributed by atoms with Crippen molar-refractivity contribution >= 4 is 5.91 Å². The number of carbonyl (C=O) groups is 1. The first-order valence-corrected chi connectivity index (χ1v) is 9.16. The summed E-state index contributed by atoms with van der Waals surface area (Å²) in [4.78, 5) is 15.2. The fourth-order valence-electron chi connectivity index (χ4n) is 5.42. The zero-order chi connectivity index (χ0) is 16.0. The minimum absolute atomic E-state index is 0.103. The summed E-state index contributed by atoms with van der Waals surface area (Å²) < 4.78 is 0. The van der Waals surface area contributed by atoms with Crippen molar-refractivity contribution in [1.29, 1.82) is 0 Å². The Kier molecular flexibility index (Phi) is 3.92. The van der Waals surface area contributed by atoms with Crippen molar-refractivity contribution in [3.05, 3.63) is 35.9 Å². The fraction of sp³-hybridized carbons (Fsp3) is 0.650. The summed E-state index contributed by atoms with van der Waals surface area (Å²) in [5.74, 6) is 3.64. The molecular formula is C20H27NO2. The topological polar surface area (TPSA) is 40.5 Å². The predicted molar refractivity (Wildman–Crippen MR) is 89.5 cm³/mol. The van der Waals surface area contributed by atoms with Crippen molar-refractivity contribution in [3.63, 3.8) is 0 Å². The summed E-state index contributed by atoms with van der Waals surface area (Å²) in [7, 11) is 0. The average Bonchev–Trinajstić information content (AvgIpc) is 3.00. The molecule has 124 valence electrons. The van der Waals surface area contributed by atoms with E-state index in [4.69, 9.17) is 0 Å². The maximum Gasteiger partial charge on any atom is 0.226 e. The monoisotopic (exact) mass is 313 g/mol. The second kappa shape index (κ2) is 5.94. The Bertz CT molecular complexity index is 556. The molecule has 4 rings (SSSR count). The van der Waals surface area contributed by atoms with Crippen LogP contribution in [0, 0.1) is 29.6 Å². The molecular weight excluding hydrogens is 286 g/mol. The SMILES string of the molecule is CC(CCO)N(Cc1ccccc1)C(=O)C1C2C3CCC(C3)C12. The first-order chi connectivity index (χ1) is 11.2. The van der Waals surface area contributed by atoms with Gasteiger partial charge < -0.3 is 10.0 Å². The van der Waals surface area contributed by atoms with Gasteiger partial charge in [-0.3, -0.25) is 4.79 Å². The summed E-state index contributed by atoms with van der Waals surface area (Å²) in [6.45, 7) is 2.89. The molecule has 3 fully saturated rings. The number of hydrogen-bond donors (Lipinski definition) is 1. The summed E-state index contributed by atoms with van der Waals surface area (Å²) in [5, 5.41) is 9.31. The molecule has 0 aromatic heterocycles. The molecule has 5 atom stereocenters. The van der Waals surface area contributed by atoms with Gasteiger partial charge in [0.1, 0.15) is 0 Å². The second-order valence-electron chi connectivity index (χ2n) is 7.83. The van der Waals surface area contributed by atoms with Crippen molar-refractivity contribution in [2.45, 2.75) is 45.2 Å². The Labute approximate surface area is 138 Å². The Morgan fingerprint density at radius 1 is 1.22 bits per heavy atom. The normalized spacial score (nSPS) is 35.0. The number of benzene rings is 1. The van der Waals surface area contributed by atoms with Crippen LogP contribution in [0.25, 0.3) is 0 Å². The van der Waals surface area contributed by atoms with Crippen LogP contribution in [0.5, 0.6) is 0 Å². The van der Waals surface area contributed by atoms with E-state index >= 15 is 0 Å². The van der Waals surface area contributed by atoms with Crippen molar-refractivity contribution in [2.24, 2.45) is 29.6 Å². The summed E-state index contributed by atoms with van der Waals surface area (Å²) in [6.07, 6.45) is 4.73. The van der Waals surface area contributed by atoms with Crippen molar-refractivity contribution in [1.82, 2.24) is 4.90 Å². The van der Waals surface area contributed by atoms with Crippen molar-refractivity contribution in [3.8, 4) is 0 Å². The molecule has 3 nitrogen and oxygen atoms in total. The van der Waals surface area contributed by atoms with E-state index in [1.165, 1.54) is 24.8 Å². The molecule has 2 bridgehead atoms. The lowest BCUT2D eigenvalue weighted by Gasteiger charge is -2.30. The standard InChI is InChI=1S/C20H27NO2/c1-13(9-10-22)21(12-14-5-3-2-4-6-14)20(23)19-17-15-7-8-16(11-15)18(17)19/h2-6,13,15-19,22H,7-12H2,1H3. The number of aliphatic hydroxyl groups excluding tert-OH is 1. The van der Waals surface area contributed by atoms with Crippen molar-refractivity contribution < 1.29 is 9.90 Å². The Morgan fingerprint density at radius 3 is 2.48 bits per heavy atom. The number of amides is 1. The minimum Gasteiger partial charge on any atom is -0.396 e. The van der Waals surface area contributed by atoms with Crippen molar-refractivity contribution in [2.75, 3.05) is 6.61 Å². The lowest BCUT2D eigenvalue weighted by molar-refractivity contribution is -0.136. The molecule has 0 aliphatic heterocycles. The number of nitrogens with zero attached hydrogens (tertiary/aromatic N) is 1. The van der Waals surface area contributed by atoms with Crippen LogP contribution in [0.1, 0.15) is 38.2 Å². The molecule has 3 saturated carbocycles. The molecule has 3 aliphatic rings. The molecule has 1 amide bonds. The molecule has 0 heterocycles. The zero-order valence-electron chi connectivity index (χ0n) is 13.9. The van der Waals surface area contributed by atoms with Gasteiger partial charge in [0.25, 0.3) is 0 Å². The number of hydrogen-bond acceptors (Lipinski definition) is 2. The highest BCUT2D eigenvalue weighted by atomic mass is 16.3. The molecule has 5 unspecified atom stereocenters. The molecule has 0 radical (unpaired) electrons. The number of aliphatic hydroxyl groups is 1. The smallest absolute Gasteiger partial charge is 0.226 e. The first kappa shape index (κ1) is 15.2. The molecule has 1 N–H and O–H groups in total. The Hall–Kier alpha value is -1.35. The summed E-state index contributed by atoms with van der Waals surface area (Å²) >= 11 is 0. The van der Waals surface area contributed by atoms with E-state index in [0.717, 1.165) is 11.8 Å². The molecule has 23 heavy (non-hydrogen) atoms. The van der Waals surface area contributed by atoms with Crippen LogP contribution in [0.15, 0.2) is 30.3 Å². The highest BCUT2D eigenvalue weighted by molar-refractivity contribution is 5.83. The Morgan fingerprint density at radius 2 is 1.87 bits per heavy atom. The molecule has 1 aromatic carbocycles. The van der Waals surface area contributed by atoms with E-state index in [1.54, 1.807) is 0 Å². The van der Waals surface area contributed by atoms with E-state index in [2.05, 4.69) is 19.1 Å². The van der Waals surface area contributed by atoms with E-state index in [1.807, 2.05) is 23.1 Å². The van der Waals surface area contributed by atoms with Gasteiger partial charge >= 0.3 is 0 Å². The Balaban J connectivity index is 1.50. The minimum atomic E-state index is 0.103. The van der Waals surface area contributed by atoms with E-state index in [9.17, 15) is 9.90 Å². The zero-order valence-corrected chi connectivity index (χ0v) is 13.9. The highest BCUT2D eigenvalue weighted by Crippen LogP contribution is 2.69. The maximum absolute atomic E-state index is 13.2. The van der Waals surface area contributed by atoms with Gasteiger partial charge in [0, 0.05) is 25.1 Å². The first-order valence-electron chi connectivity index (χ1n) is 9.16. The lowest BCUT2D eigenvalue weighted by atomic mass is 10.0. The predicted octanol–water partition coefficient (Wildman–Crippen LogP) is 3.08. The molecule has 3 heteroatoms. The van der Waals surface area contributed by atoms with Crippen LogP contribution in [0.4, 0.5) is 0 Å². The third kappa shape index (κ3) is 2.59. The number of carbonyl (C=O) groups excluding carboxylic acids is 1. The van der Waals surface area contributed by atoms with Gasteiger partial charge in [-0.1, -0.05) is 30.3 Å². The van der Waals surface area contributed by atoms with E-state index in [0.29, 0.717) is 30.7 Å². The van der Waals surface area contributed by atoms with E-state index in [-0.39, 0.29) is 18.6 Å². The summed E-state index contributed by atoms with van der Waals surface area (Å²) in [5.41, 5.74) is 1.18. The third-order valence-electron chi connectivity index (χ3n) is 6.58. The molecule has 0 spiro atoms. The van der Waals surface area contributed by atoms with Gasteiger partial charge in [-0.2, -0.15) is 0 Å². The second-order valence-corrected chi connectivity index (χ2v) is 7.83. The highest BCUT2D eigenvalue weighted by Gasteiger charge is 2.68. The van der Waals surface area contributed by atoms with Crippen LogP contribution in [0.3, 0.4) is 0 Å². The third-order valence-corrected chi connectivity index (χ3v) is 6.58. The van der Waals surface area contributed by atoms with Crippen LogP contribution >= 0.6 is 0 Å². The number of fused-ring (bicyclic) bond motifs is 5. The van der Waals surface area contributed by atoms with E-state index < -0.39 is 0 Å². The van der Waals surface area contributed by atoms with Crippen LogP contribution in [0.2, 0.25) is 0 Å². The average molecular weight is 313 g/mol. The van der Waals surface area contributed by atoms with Crippen LogP contribution in [-0.4, -0.2) is 28.6 Å². The fourth-order valence-corrected chi connectivity index (χ4v) is 5.42. The van der Waals surface area contributed by atoms with Gasteiger partial charge in [0.15, 0.2) is 0 Å². The molecule has 1 aromatic rings. The van der Waals surface area contributed by atoms with Gasteiger partial charge in [-0.25, -0.2) is 0 Å². The maximum atomic E-state index is 13.2. The van der Waals surface area contributed by atoms with Crippen LogP contribution < -0.4 is 0 Å². The summed E-state index contributed by atoms with van der Waals surface area (Å²) in [6, 6.07) is 10.3. The van der Waals surface area contributed by atoms with Gasteiger partial charge in [-0.15, -0.1) is 0 Å². The van der Waals surface area contributed by atoms with Gasteiger partial charge in [0.2, 0.25) is 5.91 Å². The molecule has 0 saturated heterocycles. The van der Waals surface area contributed by atoms with Gasteiger partial charge in [0.05, 0.1) is 0 Å². The lowest BCUT2D eigenvalue weighted by Crippen LogP contribution is -2.40. The molecule has 3 aliphatic carbocycles. The number of rotatable bonds is 6. The largest absolute Gasteiger partial charge is 0.396 e.